The van der Waals surface area contributed by atoms with Gasteiger partial charge in [0.1, 0.15) is 5.75 Å². The van der Waals surface area contributed by atoms with Crippen LogP contribution in [-0.2, 0) is 9.63 Å². The van der Waals surface area contributed by atoms with E-state index in [9.17, 15) is 4.79 Å². The lowest BCUT2D eigenvalue weighted by Gasteiger charge is -2.36. The number of nitrogens with one attached hydrogen (secondary N) is 2. The number of nitriles is 1. The summed E-state index contributed by atoms with van der Waals surface area (Å²) in [6.07, 6.45) is 19.0. The number of hydrogen-bond donors (Lipinski definition) is 2. The van der Waals surface area contributed by atoms with Crippen molar-refractivity contribution in [3.63, 3.8) is 0 Å². The molecule has 5 unspecified atom stereocenters. The number of allylic oxidation sites excluding steroid dienone is 1. The minimum Gasteiger partial charge on any atom is -0.497 e. The second kappa shape index (κ2) is 10.3. The second-order valence-electron chi connectivity index (χ2n) is 11.2. The zero-order valence-electron chi connectivity index (χ0n) is 20.9. The number of nitrogens with zero attached hydrogens (tertiary/aromatic N) is 1. The summed E-state index contributed by atoms with van der Waals surface area (Å²) in [5.74, 6) is 1.21. The molecule has 35 heavy (non-hydrogen) atoms. The smallest absolute Gasteiger partial charge is 0.176 e. The van der Waals surface area contributed by atoms with Crippen molar-refractivity contribution in [3.05, 3.63) is 42.0 Å². The van der Waals surface area contributed by atoms with E-state index < -0.39 is 5.60 Å². The molecule has 1 spiro atoms. The fraction of sp³-hybridized carbons (Fsp3) is 0.655. The highest BCUT2D eigenvalue weighted by atomic mass is 16.7. The largest absolute Gasteiger partial charge is 0.497 e. The van der Waals surface area contributed by atoms with Gasteiger partial charge in [0.15, 0.2) is 17.6 Å². The Bertz CT molecular complexity index is 988. The van der Waals surface area contributed by atoms with Crippen molar-refractivity contribution in [3.8, 4) is 11.9 Å². The molecule has 0 amide bonds. The van der Waals surface area contributed by atoms with Crippen LogP contribution in [0.4, 0.5) is 0 Å². The standard InChI is InChI=1S/C29H39N3O3/c1-34-24-13-7-9-22(17-24)25-18-29(35-32-25,23-11-5-3-2-4-6-12-23)27(33)21-10-8-15-28(16-14-21)19-26(28)31-20-30/h5,7,9,11,13,17,21,23,25-26,31-32H,2-4,6,8,10,12,14-16,18-19H2,1H3/b11-5-/t21?,23?,25?,26?,28-,29?/m1/s1. The quantitative estimate of drug-likeness (QED) is 0.319. The molecular weight excluding hydrogens is 438 g/mol. The highest BCUT2D eigenvalue weighted by molar-refractivity contribution is 5.90. The summed E-state index contributed by atoms with van der Waals surface area (Å²) in [6, 6.07) is 8.33. The summed E-state index contributed by atoms with van der Waals surface area (Å²) in [6.45, 7) is 0. The Morgan fingerprint density at radius 3 is 2.94 bits per heavy atom. The van der Waals surface area contributed by atoms with Crippen LogP contribution in [0.3, 0.4) is 0 Å². The molecule has 1 heterocycles. The lowest BCUT2D eigenvalue weighted by molar-refractivity contribution is -0.156. The molecule has 1 aliphatic heterocycles. The number of Topliss-reactive ketones (excluding diaryl/α,β-unsaturated/α-hetero) is 1. The van der Waals surface area contributed by atoms with E-state index in [4.69, 9.17) is 14.8 Å². The summed E-state index contributed by atoms with van der Waals surface area (Å²) in [5.41, 5.74) is 3.76. The highest BCUT2D eigenvalue weighted by Gasteiger charge is 2.57. The number of carbonyl (C=O) groups is 1. The first kappa shape index (κ1) is 24.3. The topological polar surface area (TPSA) is 83.4 Å². The SMILES string of the molecule is COc1cccc(C2CC(C(=O)C3CCC[C@@]4(CC3)CC4NC#N)(C3/C=C\CCCCC3)ON2)c1. The van der Waals surface area contributed by atoms with E-state index in [1.807, 2.05) is 18.2 Å². The third-order valence-corrected chi connectivity index (χ3v) is 9.17. The van der Waals surface area contributed by atoms with E-state index in [1.165, 1.54) is 12.8 Å². The lowest BCUT2D eigenvalue weighted by Crippen LogP contribution is -2.49. The fourth-order valence-electron chi connectivity index (χ4n) is 6.94. The maximum Gasteiger partial charge on any atom is 0.176 e. The second-order valence-corrected chi connectivity index (χ2v) is 11.2. The van der Waals surface area contributed by atoms with E-state index >= 15 is 0 Å². The van der Waals surface area contributed by atoms with Gasteiger partial charge < -0.3 is 10.1 Å². The molecule has 5 rings (SSSR count). The third-order valence-electron chi connectivity index (χ3n) is 9.17. The first-order chi connectivity index (χ1) is 17.1. The Labute approximate surface area is 209 Å². The predicted octanol–water partition coefficient (Wildman–Crippen LogP) is 5.52. The van der Waals surface area contributed by atoms with Crippen molar-refractivity contribution in [2.24, 2.45) is 17.3 Å². The van der Waals surface area contributed by atoms with E-state index in [2.05, 4.69) is 35.2 Å². The molecule has 1 aromatic rings. The molecule has 0 radical (unpaired) electrons. The normalized spacial score (nSPS) is 37.9. The van der Waals surface area contributed by atoms with Crippen LogP contribution in [0.25, 0.3) is 0 Å². The van der Waals surface area contributed by atoms with Gasteiger partial charge in [-0.05, 0) is 74.5 Å². The van der Waals surface area contributed by atoms with Gasteiger partial charge in [-0.1, -0.05) is 43.5 Å². The van der Waals surface area contributed by atoms with E-state index in [0.717, 1.165) is 69.1 Å². The summed E-state index contributed by atoms with van der Waals surface area (Å²) in [4.78, 5) is 20.9. The van der Waals surface area contributed by atoms with Crippen molar-refractivity contribution in [2.45, 2.75) is 94.7 Å². The van der Waals surface area contributed by atoms with Gasteiger partial charge in [0.2, 0.25) is 0 Å². The monoisotopic (exact) mass is 477 g/mol. The molecule has 6 heteroatoms. The molecule has 6 nitrogen and oxygen atoms in total. The molecule has 1 aromatic carbocycles. The molecule has 6 atom stereocenters. The van der Waals surface area contributed by atoms with Crippen LogP contribution in [0.15, 0.2) is 36.4 Å². The van der Waals surface area contributed by atoms with Crippen LogP contribution in [0.1, 0.15) is 88.7 Å². The Morgan fingerprint density at radius 2 is 2.09 bits per heavy atom. The number of carbonyl (C=O) groups excluding carboxylic acids is 1. The molecule has 1 saturated heterocycles. The molecule has 2 saturated carbocycles. The number of benzene rings is 1. The zero-order chi connectivity index (χ0) is 24.3. The summed E-state index contributed by atoms with van der Waals surface area (Å²) >= 11 is 0. The van der Waals surface area contributed by atoms with Crippen LogP contribution in [0.5, 0.6) is 5.75 Å². The highest BCUT2D eigenvalue weighted by Crippen LogP contribution is 2.57. The average Bonchev–Trinajstić information content (AvgIpc) is 3.42. The molecule has 4 aliphatic rings. The van der Waals surface area contributed by atoms with Crippen molar-refractivity contribution in [1.29, 1.82) is 5.26 Å². The molecule has 3 fully saturated rings. The van der Waals surface area contributed by atoms with E-state index in [0.29, 0.717) is 12.5 Å². The van der Waals surface area contributed by atoms with E-state index in [1.54, 1.807) is 7.11 Å². The van der Waals surface area contributed by atoms with E-state index in [-0.39, 0.29) is 29.1 Å². The average molecular weight is 478 g/mol. The Balaban J connectivity index is 1.39. The maximum absolute atomic E-state index is 14.4. The van der Waals surface area contributed by atoms with Gasteiger partial charge in [-0.2, -0.15) is 10.7 Å². The summed E-state index contributed by atoms with van der Waals surface area (Å²) in [7, 11) is 1.68. The van der Waals surface area contributed by atoms with Gasteiger partial charge >= 0.3 is 0 Å². The van der Waals surface area contributed by atoms with Crippen LogP contribution < -0.4 is 15.5 Å². The van der Waals surface area contributed by atoms with Crippen molar-refractivity contribution in [2.75, 3.05) is 7.11 Å². The minimum atomic E-state index is -0.836. The number of methoxy groups -OCH3 is 1. The zero-order valence-corrected chi connectivity index (χ0v) is 20.9. The summed E-state index contributed by atoms with van der Waals surface area (Å²) < 4.78 is 5.45. The number of ketones is 1. The summed E-state index contributed by atoms with van der Waals surface area (Å²) in [5, 5.41) is 12.0. The van der Waals surface area contributed by atoms with Gasteiger partial charge in [-0.15, -0.1) is 0 Å². The third kappa shape index (κ3) is 4.86. The Morgan fingerprint density at radius 1 is 1.17 bits per heavy atom. The van der Waals surface area contributed by atoms with Gasteiger partial charge in [-0.25, -0.2) is 0 Å². The molecule has 188 valence electrons. The Hall–Kier alpha value is -2.36. The number of hydroxylamine groups is 1. The van der Waals surface area contributed by atoms with Crippen molar-refractivity contribution >= 4 is 5.78 Å². The van der Waals surface area contributed by atoms with Crippen molar-refractivity contribution in [1.82, 2.24) is 10.8 Å². The molecule has 2 N–H and O–H groups in total. The van der Waals surface area contributed by atoms with Gasteiger partial charge in [0, 0.05) is 24.3 Å². The van der Waals surface area contributed by atoms with Crippen LogP contribution in [0, 0.1) is 28.7 Å². The molecule has 3 aliphatic carbocycles. The Kier molecular flexibility index (Phi) is 7.18. The maximum atomic E-state index is 14.4. The number of rotatable bonds is 6. The fourth-order valence-corrected chi connectivity index (χ4v) is 6.94. The first-order valence-electron chi connectivity index (χ1n) is 13.5. The molecule has 0 aromatic heterocycles. The van der Waals surface area contributed by atoms with Gasteiger partial charge in [-0.3, -0.25) is 9.63 Å². The number of ether oxygens (including phenoxy) is 1. The van der Waals surface area contributed by atoms with Crippen LogP contribution in [-0.4, -0.2) is 24.5 Å². The minimum absolute atomic E-state index is 0.0161. The number of hydrogen-bond acceptors (Lipinski definition) is 6. The molecular formula is C29H39N3O3. The lowest BCUT2D eigenvalue weighted by atomic mass is 9.71. The molecule has 0 bridgehead atoms. The first-order valence-corrected chi connectivity index (χ1v) is 13.5. The van der Waals surface area contributed by atoms with Crippen LogP contribution >= 0.6 is 0 Å². The van der Waals surface area contributed by atoms with Crippen LogP contribution in [0.2, 0.25) is 0 Å². The van der Waals surface area contributed by atoms with Gasteiger partial charge in [0.25, 0.3) is 0 Å². The van der Waals surface area contributed by atoms with Gasteiger partial charge in [0.05, 0.1) is 13.2 Å². The predicted molar refractivity (Wildman–Crippen MR) is 134 cm³/mol. The van der Waals surface area contributed by atoms with Crippen molar-refractivity contribution < 1.29 is 14.4 Å².